The molecule has 6 rings (SSSR count). The third kappa shape index (κ3) is 6.62. The molecule has 2 aromatic carbocycles. The molecule has 0 unspecified atom stereocenters. The number of nitrogens with zero attached hydrogens (tertiary/aromatic N) is 5. The quantitative estimate of drug-likeness (QED) is 0.286. The fraction of sp³-hybridized carbons (Fsp3) is 0.414. The average Bonchev–Trinajstić information content (AvgIpc) is 3.50. The van der Waals surface area contributed by atoms with E-state index in [1.54, 1.807) is 0 Å². The Balaban J connectivity index is 1.19. The van der Waals surface area contributed by atoms with E-state index in [2.05, 4.69) is 15.2 Å². The number of hydrogen-bond acceptors (Lipinski definition) is 6. The zero-order valence-corrected chi connectivity index (χ0v) is 24.3. The number of amides is 5. The maximum Gasteiger partial charge on any atom is 0.573 e. The van der Waals surface area contributed by atoms with E-state index in [0.29, 0.717) is 12.5 Å². The number of urea groups is 1. The topological polar surface area (TPSA) is 143 Å². The lowest BCUT2D eigenvalue weighted by Crippen LogP contribution is -2.48. The van der Waals surface area contributed by atoms with Crippen molar-refractivity contribution >= 4 is 46.0 Å². The SMILES string of the molecule is NC(=O)c1nn(CC(=O)N2[C@@H]3C[C@@H]3C[C@H]2C(=O)N(F)c2cccc(OC(F)(F)F)c2)c2ccc(NC(=O)N3CCCC(F)(F)C3)cc12. The molecule has 2 aliphatic heterocycles. The average molecular weight is 668 g/mol. The van der Waals surface area contributed by atoms with Gasteiger partial charge in [-0.25, -0.2) is 13.6 Å². The summed E-state index contributed by atoms with van der Waals surface area (Å²) in [4.78, 5) is 53.9. The molecule has 3 fully saturated rings. The van der Waals surface area contributed by atoms with Gasteiger partial charge in [-0.1, -0.05) is 10.5 Å². The molecule has 250 valence electrons. The Kier molecular flexibility index (Phi) is 7.91. The van der Waals surface area contributed by atoms with Gasteiger partial charge >= 0.3 is 12.4 Å². The van der Waals surface area contributed by atoms with E-state index in [1.807, 2.05) is 0 Å². The van der Waals surface area contributed by atoms with Crippen LogP contribution in [0.2, 0.25) is 0 Å². The smallest absolute Gasteiger partial charge is 0.406 e. The van der Waals surface area contributed by atoms with Crippen LogP contribution in [-0.4, -0.2) is 80.8 Å². The lowest BCUT2D eigenvalue weighted by atomic mass is 10.1. The van der Waals surface area contributed by atoms with Crippen molar-refractivity contribution in [1.29, 1.82) is 0 Å². The van der Waals surface area contributed by atoms with Crippen LogP contribution in [0.1, 0.15) is 36.2 Å². The van der Waals surface area contributed by atoms with Crippen LogP contribution >= 0.6 is 0 Å². The number of primary amides is 1. The summed E-state index contributed by atoms with van der Waals surface area (Å²) in [5.74, 6) is -6.58. The molecule has 3 aromatic rings. The highest BCUT2D eigenvalue weighted by molar-refractivity contribution is 6.06. The molecule has 3 heterocycles. The van der Waals surface area contributed by atoms with Gasteiger partial charge in [-0.2, -0.15) is 5.10 Å². The van der Waals surface area contributed by atoms with Gasteiger partial charge < -0.3 is 25.6 Å². The first-order valence-corrected chi connectivity index (χ1v) is 14.5. The molecule has 5 amide bonds. The van der Waals surface area contributed by atoms with Gasteiger partial charge in [-0.15, -0.1) is 18.3 Å². The number of likely N-dealkylation sites (tertiary alicyclic amines) is 2. The van der Waals surface area contributed by atoms with E-state index >= 15 is 4.48 Å². The number of carbonyl (C=O) groups excluding carboxylic acids is 4. The molecule has 47 heavy (non-hydrogen) atoms. The molecule has 0 spiro atoms. The van der Waals surface area contributed by atoms with Crippen LogP contribution in [0.25, 0.3) is 10.9 Å². The highest BCUT2D eigenvalue weighted by atomic mass is 19.4. The van der Waals surface area contributed by atoms with Gasteiger partial charge in [-0.05, 0) is 55.5 Å². The molecular formula is C29H27F6N7O5. The van der Waals surface area contributed by atoms with Gasteiger partial charge in [0.1, 0.15) is 18.3 Å². The Morgan fingerprint density at radius 1 is 1.11 bits per heavy atom. The van der Waals surface area contributed by atoms with Crippen molar-refractivity contribution in [2.24, 2.45) is 11.7 Å². The van der Waals surface area contributed by atoms with Crippen molar-refractivity contribution in [2.45, 2.75) is 56.6 Å². The van der Waals surface area contributed by atoms with Crippen molar-refractivity contribution in [3.05, 3.63) is 48.2 Å². The number of nitrogens with two attached hydrogens (primary N) is 1. The van der Waals surface area contributed by atoms with Crippen molar-refractivity contribution < 1.29 is 50.3 Å². The number of carbonyl (C=O) groups is 4. The second kappa shape index (κ2) is 11.6. The Morgan fingerprint density at radius 3 is 2.57 bits per heavy atom. The molecule has 0 bridgehead atoms. The second-order valence-electron chi connectivity index (χ2n) is 11.7. The molecule has 1 aromatic heterocycles. The third-order valence-corrected chi connectivity index (χ3v) is 8.35. The van der Waals surface area contributed by atoms with Crippen LogP contribution in [-0.2, 0) is 16.1 Å². The highest BCUT2D eigenvalue weighted by Gasteiger charge is 2.57. The number of benzene rings is 2. The Hall–Kier alpha value is -5.03. The molecule has 3 aliphatic rings. The first-order valence-electron chi connectivity index (χ1n) is 14.5. The van der Waals surface area contributed by atoms with E-state index < -0.39 is 66.6 Å². The maximum atomic E-state index is 15.3. The van der Waals surface area contributed by atoms with E-state index in [4.69, 9.17) is 5.73 Å². The van der Waals surface area contributed by atoms with E-state index in [0.717, 1.165) is 27.8 Å². The van der Waals surface area contributed by atoms with Gasteiger partial charge in [-0.3, -0.25) is 19.1 Å². The summed E-state index contributed by atoms with van der Waals surface area (Å²) in [7, 11) is 0. The largest absolute Gasteiger partial charge is 0.573 e. The van der Waals surface area contributed by atoms with E-state index in [9.17, 15) is 41.1 Å². The molecule has 2 saturated heterocycles. The molecule has 3 atom stereocenters. The van der Waals surface area contributed by atoms with Crippen molar-refractivity contribution in [3.8, 4) is 5.75 Å². The van der Waals surface area contributed by atoms with Gasteiger partial charge in [0.05, 0.1) is 17.7 Å². The summed E-state index contributed by atoms with van der Waals surface area (Å²) in [6, 6.07) is 5.62. The second-order valence-corrected chi connectivity index (χ2v) is 11.7. The van der Waals surface area contributed by atoms with Gasteiger partial charge in [0.15, 0.2) is 5.69 Å². The summed E-state index contributed by atoms with van der Waals surface area (Å²) in [5, 5.41) is 6.50. The number of nitrogens with one attached hydrogen (secondary N) is 1. The molecule has 3 N–H and O–H groups in total. The Labute approximate surface area is 261 Å². The maximum absolute atomic E-state index is 15.3. The summed E-state index contributed by atoms with van der Waals surface area (Å²) >= 11 is 0. The number of fused-ring (bicyclic) bond motifs is 2. The number of hydrogen-bond donors (Lipinski definition) is 2. The van der Waals surface area contributed by atoms with Gasteiger partial charge in [0, 0.05) is 36.1 Å². The number of aromatic nitrogens is 2. The fourth-order valence-electron chi connectivity index (χ4n) is 6.21. The number of anilines is 2. The number of ether oxygens (including phenoxy) is 1. The van der Waals surface area contributed by atoms with Crippen LogP contribution in [0.15, 0.2) is 42.5 Å². The van der Waals surface area contributed by atoms with E-state index in [-0.39, 0.29) is 65.2 Å². The predicted molar refractivity (Wildman–Crippen MR) is 152 cm³/mol. The molecule has 18 heteroatoms. The van der Waals surface area contributed by atoms with Crippen LogP contribution in [0.3, 0.4) is 0 Å². The molecular weight excluding hydrogens is 640 g/mol. The first kappa shape index (κ1) is 31.9. The minimum Gasteiger partial charge on any atom is -0.406 e. The molecule has 12 nitrogen and oxygen atoms in total. The van der Waals surface area contributed by atoms with Gasteiger partial charge in [0.2, 0.25) is 5.91 Å². The summed E-state index contributed by atoms with van der Waals surface area (Å²) in [5.41, 5.74) is 5.15. The molecule has 1 saturated carbocycles. The lowest BCUT2D eigenvalue weighted by Gasteiger charge is -2.32. The van der Waals surface area contributed by atoms with Gasteiger partial charge in [0.25, 0.3) is 17.7 Å². The van der Waals surface area contributed by atoms with Crippen molar-refractivity contribution in [1.82, 2.24) is 19.6 Å². The van der Waals surface area contributed by atoms with Crippen LogP contribution in [0.5, 0.6) is 5.75 Å². The predicted octanol–water partition coefficient (Wildman–Crippen LogP) is 4.20. The molecule has 0 radical (unpaired) electrons. The Bertz CT molecular complexity index is 1760. The van der Waals surface area contributed by atoms with Crippen LogP contribution in [0.4, 0.5) is 42.6 Å². The highest BCUT2D eigenvalue weighted by Crippen LogP contribution is 2.48. The van der Waals surface area contributed by atoms with Crippen LogP contribution in [0, 0.1) is 5.92 Å². The molecule has 1 aliphatic carbocycles. The minimum absolute atomic E-state index is 0.0808. The zero-order chi connectivity index (χ0) is 33.8. The lowest BCUT2D eigenvalue weighted by molar-refractivity contribution is -0.274. The van der Waals surface area contributed by atoms with Crippen molar-refractivity contribution in [2.75, 3.05) is 23.5 Å². The fourth-order valence-corrected chi connectivity index (χ4v) is 6.21. The van der Waals surface area contributed by atoms with Crippen molar-refractivity contribution in [3.63, 3.8) is 0 Å². The number of rotatable bonds is 7. The monoisotopic (exact) mass is 667 g/mol. The normalized spacial score (nSPS) is 21.7. The summed E-state index contributed by atoms with van der Waals surface area (Å²) in [6.45, 7) is -1.10. The first-order chi connectivity index (χ1) is 22.1. The Morgan fingerprint density at radius 2 is 1.87 bits per heavy atom. The number of piperidine rings is 2. The standard InChI is InChI=1S/C29H27F6N7O5/c30-28(31)7-2-8-39(14-28)27(46)37-16-5-6-20-19(11-16)24(25(36)44)38-40(20)13-23(43)41-21-9-15(21)10-22(41)26(45)42(35)17-3-1-4-18(12-17)47-29(32,33)34/h1,3-6,11-12,15,21-22H,2,7-10,13-14H2,(H2,36,44)(H,37,46)/t15-,21-,22+/m1/s1. The number of halogens is 6. The van der Waals surface area contributed by atoms with E-state index in [1.165, 1.54) is 23.1 Å². The summed E-state index contributed by atoms with van der Waals surface area (Å²) in [6.07, 6.45) is -4.53. The summed E-state index contributed by atoms with van der Waals surface area (Å²) < 4.78 is 85.7. The van der Waals surface area contributed by atoms with Crippen LogP contribution < -0.4 is 20.9 Å². The minimum atomic E-state index is -5.03. The zero-order valence-electron chi connectivity index (χ0n) is 24.3. The number of alkyl halides is 5. The third-order valence-electron chi connectivity index (χ3n) is 8.35.